The molecule has 134 valence electrons. The van der Waals surface area contributed by atoms with Gasteiger partial charge in [0.25, 0.3) is 5.91 Å². The van der Waals surface area contributed by atoms with E-state index in [-0.39, 0.29) is 17.2 Å². The Hall–Kier alpha value is -1.88. The summed E-state index contributed by atoms with van der Waals surface area (Å²) >= 11 is 0. The van der Waals surface area contributed by atoms with Gasteiger partial charge in [-0.1, -0.05) is 0 Å². The molecule has 24 heavy (non-hydrogen) atoms. The first-order chi connectivity index (χ1) is 11.2. The molecule has 1 unspecified atom stereocenters. The minimum Gasteiger partial charge on any atom is -0.493 e. The summed E-state index contributed by atoms with van der Waals surface area (Å²) in [6.45, 7) is 13.9. The van der Waals surface area contributed by atoms with Crippen LogP contribution >= 0.6 is 0 Å². The number of rotatable bonds is 8. The van der Waals surface area contributed by atoms with Gasteiger partial charge in [-0.15, -0.1) is 0 Å². The molecule has 0 aromatic heterocycles. The first-order valence-corrected chi connectivity index (χ1v) is 8.57. The van der Waals surface area contributed by atoms with Gasteiger partial charge in [0.2, 0.25) is 0 Å². The predicted octanol–water partition coefficient (Wildman–Crippen LogP) is 1.61. The lowest BCUT2D eigenvalue weighted by atomic mass is 10.1. The van der Waals surface area contributed by atoms with Crippen molar-refractivity contribution in [1.82, 2.24) is 5.32 Å². The molecule has 0 fully saturated rings. The number of ether oxygens (including phenoxy) is 1. The lowest BCUT2D eigenvalue weighted by molar-refractivity contribution is -0.904. The van der Waals surface area contributed by atoms with E-state index in [4.69, 9.17) is 4.74 Å². The van der Waals surface area contributed by atoms with Crippen molar-refractivity contribution in [2.45, 2.75) is 53.6 Å². The van der Waals surface area contributed by atoms with Gasteiger partial charge in [0.05, 0.1) is 13.2 Å². The molecular formula is C19H31N2O3+. The van der Waals surface area contributed by atoms with Gasteiger partial charge in [0.1, 0.15) is 12.3 Å². The number of quaternary nitrogens is 1. The number of likely N-dealkylation sites (N-methyl/N-ethyl adjacent to an activating group) is 1. The molecule has 2 N–H and O–H groups in total. The zero-order chi connectivity index (χ0) is 18.3. The zero-order valence-corrected chi connectivity index (χ0v) is 15.8. The second kappa shape index (κ2) is 8.83. The standard InChI is InChI=1S/C19H30N2O3/c1-7-21(13-18(23)20-19(4,5)6)12-16-11-15(14(3)22)9-10-17(16)24-8-2/h9-11H,7-8,12-13H2,1-6H3,(H,20,23)/p+1. The fraction of sp³-hybridized carbons (Fsp3) is 0.579. The van der Waals surface area contributed by atoms with Gasteiger partial charge in [-0.25, -0.2) is 0 Å². The van der Waals surface area contributed by atoms with Crippen LogP contribution in [0, 0.1) is 0 Å². The summed E-state index contributed by atoms with van der Waals surface area (Å²) in [5.41, 5.74) is 1.40. The summed E-state index contributed by atoms with van der Waals surface area (Å²) in [7, 11) is 0. The van der Waals surface area contributed by atoms with Gasteiger partial charge in [-0.3, -0.25) is 9.59 Å². The van der Waals surface area contributed by atoms with Gasteiger partial charge in [-0.05, 0) is 59.7 Å². The number of Topliss-reactive ketones (excluding diaryl/α,β-unsaturated/α-hetero) is 1. The quantitative estimate of drug-likeness (QED) is 0.710. The van der Waals surface area contributed by atoms with E-state index in [0.717, 1.165) is 22.8 Å². The summed E-state index contributed by atoms with van der Waals surface area (Å²) in [6.07, 6.45) is 0. The Morgan fingerprint density at radius 1 is 1.21 bits per heavy atom. The van der Waals surface area contributed by atoms with Crippen LogP contribution in [0.1, 0.15) is 57.5 Å². The van der Waals surface area contributed by atoms with Crippen LogP contribution in [-0.4, -0.2) is 36.9 Å². The molecule has 1 aromatic rings. The van der Waals surface area contributed by atoms with E-state index < -0.39 is 0 Å². The summed E-state index contributed by atoms with van der Waals surface area (Å²) in [5, 5.41) is 2.99. The Bertz CT molecular complexity index is 576. The minimum absolute atomic E-state index is 0.0278. The van der Waals surface area contributed by atoms with E-state index in [1.807, 2.05) is 39.8 Å². The molecular weight excluding hydrogens is 304 g/mol. The van der Waals surface area contributed by atoms with Crippen LogP contribution in [0.5, 0.6) is 5.75 Å². The molecule has 1 atom stereocenters. The van der Waals surface area contributed by atoms with Gasteiger partial charge in [0.15, 0.2) is 12.3 Å². The van der Waals surface area contributed by atoms with Crippen molar-refractivity contribution in [3.8, 4) is 5.75 Å². The number of amides is 1. The highest BCUT2D eigenvalue weighted by Crippen LogP contribution is 2.20. The number of hydrogen-bond donors (Lipinski definition) is 2. The second-order valence-corrected chi connectivity index (χ2v) is 7.07. The third-order valence-electron chi connectivity index (χ3n) is 3.63. The topological polar surface area (TPSA) is 59.8 Å². The highest BCUT2D eigenvalue weighted by atomic mass is 16.5. The van der Waals surface area contributed by atoms with Crippen LogP contribution < -0.4 is 15.0 Å². The summed E-state index contributed by atoms with van der Waals surface area (Å²) in [5.74, 6) is 0.840. The van der Waals surface area contributed by atoms with Crippen LogP contribution in [0.2, 0.25) is 0 Å². The average Bonchev–Trinajstić information content (AvgIpc) is 2.46. The van der Waals surface area contributed by atoms with E-state index in [2.05, 4.69) is 12.2 Å². The molecule has 1 amide bonds. The van der Waals surface area contributed by atoms with Crippen LogP contribution in [0.4, 0.5) is 0 Å². The summed E-state index contributed by atoms with van der Waals surface area (Å²) in [4.78, 5) is 25.0. The lowest BCUT2D eigenvalue weighted by Gasteiger charge is -2.23. The minimum atomic E-state index is -0.235. The largest absolute Gasteiger partial charge is 0.493 e. The zero-order valence-electron chi connectivity index (χ0n) is 15.8. The van der Waals surface area contributed by atoms with Crippen LogP contribution in [0.15, 0.2) is 18.2 Å². The van der Waals surface area contributed by atoms with E-state index in [1.54, 1.807) is 13.0 Å². The summed E-state index contributed by atoms with van der Waals surface area (Å²) < 4.78 is 5.68. The maximum absolute atomic E-state index is 12.2. The van der Waals surface area contributed by atoms with Crippen molar-refractivity contribution in [1.29, 1.82) is 0 Å². The highest BCUT2D eigenvalue weighted by Gasteiger charge is 2.20. The average molecular weight is 335 g/mol. The molecule has 1 aromatic carbocycles. The molecule has 0 aliphatic carbocycles. The number of carbonyl (C=O) groups is 2. The Morgan fingerprint density at radius 3 is 2.38 bits per heavy atom. The first-order valence-electron chi connectivity index (χ1n) is 8.57. The monoisotopic (exact) mass is 335 g/mol. The maximum Gasteiger partial charge on any atom is 0.275 e. The molecule has 0 bridgehead atoms. The molecule has 0 radical (unpaired) electrons. The number of carbonyl (C=O) groups excluding carboxylic acids is 2. The van der Waals surface area contributed by atoms with E-state index in [0.29, 0.717) is 25.3 Å². The predicted molar refractivity (Wildman–Crippen MR) is 95.6 cm³/mol. The number of nitrogens with one attached hydrogen (secondary N) is 2. The molecule has 5 nitrogen and oxygen atoms in total. The van der Waals surface area contributed by atoms with Crippen molar-refractivity contribution in [3.63, 3.8) is 0 Å². The van der Waals surface area contributed by atoms with Crippen molar-refractivity contribution in [2.75, 3.05) is 19.7 Å². The third kappa shape index (κ3) is 6.71. The van der Waals surface area contributed by atoms with E-state index >= 15 is 0 Å². The van der Waals surface area contributed by atoms with E-state index in [1.165, 1.54) is 0 Å². The van der Waals surface area contributed by atoms with Crippen LogP contribution in [-0.2, 0) is 11.3 Å². The fourth-order valence-electron chi connectivity index (χ4n) is 2.50. The van der Waals surface area contributed by atoms with Gasteiger partial charge < -0.3 is 15.0 Å². The molecule has 0 heterocycles. The lowest BCUT2D eigenvalue weighted by Crippen LogP contribution is -3.11. The molecule has 0 aliphatic heterocycles. The SMILES string of the molecule is CCOc1ccc(C(C)=O)cc1C[NH+](CC)CC(=O)NC(C)(C)C. The molecule has 0 saturated heterocycles. The van der Waals surface area contributed by atoms with Crippen LogP contribution in [0.25, 0.3) is 0 Å². The smallest absolute Gasteiger partial charge is 0.275 e. The van der Waals surface area contributed by atoms with Crippen molar-refractivity contribution >= 4 is 11.7 Å². The van der Waals surface area contributed by atoms with Crippen molar-refractivity contribution < 1.29 is 19.2 Å². The van der Waals surface area contributed by atoms with E-state index in [9.17, 15) is 9.59 Å². The summed E-state index contributed by atoms with van der Waals surface area (Å²) in [6, 6.07) is 5.51. The Labute approximate surface area is 145 Å². The van der Waals surface area contributed by atoms with Gasteiger partial charge in [0, 0.05) is 16.7 Å². The molecule has 5 heteroatoms. The highest BCUT2D eigenvalue weighted by molar-refractivity contribution is 5.94. The number of hydrogen-bond acceptors (Lipinski definition) is 3. The Morgan fingerprint density at radius 2 is 1.88 bits per heavy atom. The Balaban J connectivity index is 2.92. The normalized spacial score (nSPS) is 12.6. The molecule has 1 rings (SSSR count). The number of benzene rings is 1. The Kier molecular flexibility index (Phi) is 7.42. The fourth-order valence-corrected chi connectivity index (χ4v) is 2.50. The molecule has 0 aliphatic rings. The van der Waals surface area contributed by atoms with Crippen molar-refractivity contribution in [2.24, 2.45) is 0 Å². The first kappa shape index (κ1) is 20.2. The third-order valence-corrected chi connectivity index (χ3v) is 3.63. The van der Waals surface area contributed by atoms with Crippen molar-refractivity contribution in [3.05, 3.63) is 29.3 Å². The maximum atomic E-state index is 12.2. The molecule has 0 saturated carbocycles. The number of ketones is 1. The molecule has 0 spiro atoms. The second-order valence-electron chi connectivity index (χ2n) is 7.07. The van der Waals surface area contributed by atoms with Crippen LogP contribution in [0.3, 0.4) is 0 Å². The van der Waals surface area contributed by atoms with Gasteiger partial charge in [-0.2, -0.15) is 0 Å². The van der Waals surface area contributed by atoms with Gasteiger partial charge >= 0.3 is 0 Å².